The molecule has 0 aromatic heterocycles. The van der Waals surface area contributed by atoms with Crippen molar-refractivity contribution in [2.75, 3.05) is 0 Å². The summed E-state index contributed by atoms with van der Waals surface area (Å²) in [7, 11) is 0. The predicted octanol–water partition coefficient (Wildman–Crippen LogP) is 1.52. The summed E-state index contributed by atoms with van der Waals surface area (Å²) in [6, 6.07) is -0.659. The summed E-state index contributed by atoms with van der Waals surface area (Å²) >= 11 is 0. The summed E-state index contributed by atoms with van der Waals surface area (Å²) in [4.78, 5) is 11.7. The van der Waals surface area contributed by atoms with E-state index in [2.05, 4.69) is 25.1 Å². The number of terminal acetylenes is 1. The van der Waals surface area contributed by atoms with E-state index in [-0.39, 0.29) is 11.9 Å². The van der Waals surface area contributed by atoms with Crippen molar-refractivity contribution in [1.29, 1.82) is 0 Å². The number of rotatable bonds is 6. The van der Waals surface area contributed by atoms with Crippen molar-refractivity contribution in [2.45, 2.75) is 52.6 Å². The second-order valence-corrected chi connectivity index (χ2v) is 5.09. The SMILES string of the molecule is C#C[C@H](CC(C)C)NC(=O)[C@@H](N)CC(C)C. The van der Waals surface area contributed by atoms with E-state index in [4.69, 9.17) is 12.2 Å². The summed E-state index contributed by atoms with van der Waals surface area (Å²) in [5.74, 6) is 3.32. The quantitative estimate of drug-likeness (QED) is 0.672. The highest BCUT2D eigenvalue weighted by Crippen LogP contribution is 2.06. The number of carbonyl (C=O) groups excluding carboxylic acids is 1. The average Bonchev–Trinajstić information content (AvgIpc) is 2.14. The van der Waals surface area contributed by atoms with E-state index < -0.39 is 6.04 Å². The number of nitrogens with two attached hydrogens (primary N) is 1. The molecular weight excluding hydrogens is 200 g/mol. The minimum Gasteiger partial charge on any atom is -0.341 e. The van der Waals surface area contributed by atoms with Crippen LogP contribution in [-0.4, -0.2) is 18.0 Å². The molecule has 0 unspecified atom stereocenters. The van der Waals surface area contributed by atoms with Crippen molar-refractivity contribution in [3.8, 4) is 12.3 Å². The van der Waals surface area contributed by atoms with Crippen LogP contribution in [0, 0.1) is 24.2 Å². The van der Waals surface area contributed by atoms with Crippen LogP contribution in [0.3, 0.4) is 0 Å². The van der Waals surface area contributed by atoms with Crippen molar-refractivity contribution in [1.82, 2.24) is 5.32 Å². The highest BCUT2D eigenvalue weighted by molar-refractivity contribution is 5.82. The highest BCUT2D eigenvalue weighted by Gasteiger charge is 2.18. The van der Waals surface area contributed by atoms with Crippen LogP contribution >= 0.6 is 0 Å². The maximum absolute atomic E-state index is 11.7. The molecule has 0 saturated heterocycles. The van der Waals surface area contributed by atoms with E-state index in [1.807, 2.05) is 13.8 Å². The maximum Gasteiger partial charge on any atom is 0.237 e. The van der Waals surface area contributed by atoms with Gasteiger partial charge in [-0.25, -0.2) is 0 Å². The molecule has 0 saturated carbocycles. The first-order valence-electron chi connectivity index (χ1n) is 5.88. The third-order valence-corrected chi connectivity index (χ3v) is 2.29. The van der Waals surface area contributed by atoms with Gasteiger partial charge in [0.2, 0.25) is 5.91 Å². The largest absolute Gasteiger partial charge is 0.341 e. The lowest BCUT2D eigenvalue weighted by molar-refractivity contribution is -0.123. The van der Waals surface area contributed by atoms with Gasteiger partial charge in [0.1, 0.15) is 0 Å². The first kappa shape index (κ1) is 15.0. The third kappa shape index (κ3) is 6.47. The number of hydrogen-bond donors (Lipinski definition) is 2. The van der Waals surface area contributed by atoms with Crippen LogP contribution < -0.4 is 11.1 Å². The Kier molecular flexibility index (Phi) is 6.83. The molecular formula is C13H24N2O. The Hall–Kier alpha value is -1.01. The monoisotopic (exact) mass is 224 g/mol. The summed E-state index contributed by atoms with van der Waals surface area (Å²) in [5, 5.41) is 2.80. The smallest absolute Gasteiger partial charge is 0.237 e. The minimum absolute atomic E-state index is 0.141. The first-order valence-corrected chi connectivity index (χ1v) is 5.88. The van der Waals surface area contributed by atoms with Gasteiger partial charge in [0.15, 0.2) is 0 Å². The van der Waals surface area contributed by atoms with E-state index in [1.54, 1.807) is 0 Å². The molecule has 0 radical (unpaired) electrons. The summed E-state index contributed by atoms with van der Waals surface area (Å²) < 4.78 is 0. The van der Waals surface area contributed by atoms with Gasteiger partial charge in [-0.05, 0) is 24.7 Å². The fourth-order valence-corrected chi connectivity index (χ4v) is 1.53. The zero-order valence-corrected chi connectivity index (χ0v) is 10.8. The van der Waals surface area contributed by atoms with Crippen LogP contribution in [0.25, 0.3) is 0 Å². The van der Waals surface area contributed by atoms with E-state index in [1.165, 1.54) is 0 Å². The predicted molar refractivity (Wildman–Crippen MR) is 67.6 cm³/mol. The van der Waals surface area contributed by atoms with Gasteiger partial charge in [0.25, 0.3) is 0 Å². The van der Waals surface area contributed by atoms with Crippen molar-refractivity contribution in [2.24, 2.45) is 17.6 Å². The number of carbonyl (C=O) groups is 1. The molecule has 92 valence electrons. The standard InChI is InChI=1S/C13H24N2O/c1-6-11(7-9(2)3)15-13(16)12(14)8-10(4)5/h1,9-12H,7-8,14H2,2-5H3,(H,15,16)/t11-,12+/m1/s1. The number of amides is 1. The number of nitrogens with one attached hydrogen (secondary N) is 1. The summed E-state index contributed by atoms with van der Waals surface area (Å²) in [6.07, 6.45) is 6.84. The Bertz CT molecular complexity index is 253. The topological polar surface area (TPSA) is 55.1 Å². The minimum atomic E-state index is -0.456. The average molecular weight is 224 g/mol. The molecule has 3 N–H and O–H groups in total. The molecule has 16 heavy (non-hydrogen) atoms. The van der Waals surface area contributed by atoms with Gasteiger partial charge in [-0.2, -0.15) is 0 Å². The van der Waals surface area contributed by atoms with Crippen LogP contribution in [0.5, 0.6) is 0 Å². The van der Waals surface area contributed by atoms with Crippen LogP contribution in [0.15, 0.2) is 0 Å². The highest BCUT2D eigenvalue weighted by atomic mass is 16.2. The van der Waals surface area contributed by atoms with Crippen LogP contribution in [0.4, 0.5) is 0 Å². The molecule has 0 rings (SSSR count). The van der Waals surface area contributed by atoms with E-state index in [9.17, 15) is 4.79 Å². The molecule has 0 aliphatic heterocycles. The van der Waals surface area contributed by atoms with Crippen LogP contribution in [0.1, 0.15) is 40.5 Å². The van der Waals surface area contributed by atoms with Gasteiger partial charge in [-0.1, -0.05) is 33.6 Å². The van der Waals surface area contributed by atoms with E-state index in [0.717, 1.165) is 6.42 Å². The fraction of sp³-hybridized carbons (Fsp3) is 0.769. The molecule has 0 bridgehead atoms. The molecule has 0 aliphatic carbocycles. The second-order valence-electron chi connectivity index (χ2n) is 5.09. The van der Waals surface area contributed by atoms with Gasteiger partial charge in [-0.15, -0.1) is 6.42 Å². The van der Waals surface area contributed by atoms with Crippen LogP contribution in [-0.2, 0) is 4.79 Å². The first-order chi connectivity index (χ1) is 7.36. The zero-order chi connectivity index (χ0) is 12.7. The van der Waals surface area contributed by atoms with E-state index >= 15 is 0 Å². The second kappa shape index (κ2) is 7.29. The Morgan fingerprint density at radius 2 is 1.75 bits per heavy atom. The molecule has 2 atom stereocenters. The van der Waals surface area contributed by atoms with Crippen molar-refractivity contribution < 1.29 is 4.79 Å². The molecule has 0 aromatic carbocycles. The third-order valence-electron chi connectivity index (χ3n) is 2.29. The maximum atomic E-state index is 11.7. The molecule has 0 aromatic rings. The Morgan fingerprint density at radius 1 is 1.25 bits per heavy atom. The summed E-state index contributed by atoms with van der Waals surface area (Å²) in [6.45, 7) is 8.23. The van der Waals surface area contributed by atoms with E-state index in [0.29, 0.717) is 18.3 Å². The molecule has 1 amide bonds. The lowest BCUT2D eigenvalue weighted by atomic mass is 10.0. The van der Waals surface area contributed by atoms with Crippen molar-refractivity contribution >= 4 is 5.91 Å². The molecule has 0 fully saturated rings. The lowest BCUT2D eigenvalue weighted by Gasteiger charge is -2.19. The molecule has 3 nitrogen and oxygen atoms in total. The Morgan fingerprint density at radius 3 is 2.12 bits per heavy atom. The Labute approximate surface area is 99.2 Å². The van der Waals surface area contributed by atoms with Crippen LogP contribution in [0.2, 0.25) is 0 Å². The molecule has 0 aliphatic rings. The van der Waals surface area contributed by atoms with Gasteiger partial charge in [0, 0.05) is 0 Å². The van der Waals surface area contributed by atoms with Crippen molar-refractivity contribution in [3.63, 3.8) is 0 Å². The van der Waals surface area contributed by atoms with Gasteiger partial charge >= 0.3 is 0 Å². The van der Waals surface area contributed by atoms with Gasteiger partial charge in [-0.3, -0.25) is 4.79 Å². The van der Waals surface area contributed by atoms with Gasteiger partial charge < -0.3 is 11.1 Å². The van der Waals surface area contributed by atoms with Crippen molar-refractivity contribution in [3.05, 3.63) is 0 Å². The Balaban J connectivity index is 4.15. The summed E-state index contributed by atoms with van der Waals surface area (Å²) in [5.41, 5.74) is 5.77. The molecule has 0 spiro atoms. The van der Waals surface area contributed by atoms with Gasteiger partial charge in [0.05, 0.1) is 12.1 Å². The fourth-order valence-electron chi connectivity index (χ4n) is 1.53. The number of hydrogen-bond acceptors (Lipinski definition) is 2. The lowest BCUT2D eigenvalue weighted by Crippen LogP contribution is -2.45. The molecule has 3 heteroatoms. The normalized spacial score (nSPS) is 14.6. The molecule has 0 heterocycles. The zero-order valence-electron chi connectivity index (χ0n) is 10.8.